The summed E-state index contributed by atoms with van der Waals surface area (Å²) in [4.78, 5) is 11.8. The second-order valence-electron chi connectivity index (χ2n) is 7.31. The van der Waals surface area contributed by atoms with Gasteiger partial charge in [0.05, 0.1) is 11.4 Å². The zero-order chi connectivity index (χ0) is 18.7. The first-order valence-corrected chi connectivity index (χ1v) is 10.5. The summed E-state index contributed by atoms with van der Waals surface area (Å²) in [6.07, 6.45) is 5.14. The molecule has 0 saturated carbocycles. The number of aromatic nitrogens is 2. The number of hydrogen-bond acceptors (Lipinski definition) is 5. The average Bonchev–Trinajstić information content (AvgIpc) is 3.17. The van der Waals surface area contributed by atoms with Gasteiger partial charge in [-0.15, -0.1) is 11.3 Å². The molecule has 4 rings (SSSR count). The predicted octanol–water partition coefficient (Wildman–Crippen LogP) is 4.26. The van der Waals surface area contributed by atoms with E-state index in [1.807, 2.05) is 6.20 Å². The molecule has 0 aliphatic carbocycles. The molecule has 3 aromatic rings. The number of nitrogens with two attached hydrogens (primary N) is 1. The lowest BCUT2D eigenvalue weighted by Gasteiger charge is -2.41. The fourth-order valence-electron chi connectivity index (χ4n) is 4.04. The van der Waals surface area contributed by atoms with Crippen LogP contribution in [-0.2, 0) is 18.4 Å². The van der Waals surface area contributed by atoms with Crippen molar-refractivity contribution in [2.75, 3.05) is 18.8 Å². The third kappa shape index (κ3) is 3.75. The summed E-state index contributed by atoms with van der Waals surface area (Å²) >= 11 is 1.54. The van der Waals surface area contributed by atoms with E-state index in [4.69, 9.17) is 5.73 Å². The van der Waals surface area contributed by atoms with Crippen LogP contribution in [0.25, 0.3) is 0 Å². The van der Waals surface area contributed by atoms with E-state index in [2.05, 4.69) is 69.6 Å². The fraction of sp³-hybridized carbons (Fsp3) is 0.364. The Hall–Kier alpha value is -2.24. The number of thiazole rings is 1. The summed E-state index contributed by atoms with van der Waals surface area (Å²) in [5, 5.41) is 2.80. The highest BCUT2D eigenvalue weighted by atomic mass is 32.1. The third-order valence-electron chi connectivity index (χ3n) is 5.73. The first-order chi connectivity index (χ1) is 13.2. The van der Waals surface area contributed by atoms with Crippen LogP contribution in [0.3, 0.4) is 0 Å². The monoisotopic (exact) mass is 378 g/mol. The number of aryl methyl sites for hydroxylation is 1. The van der Waals surface area contributed by atoms with Crippen molar-refractivity contribution >= 4 is 16.5 Å². The molecule has 1 aliphatic heterocycles. The molecule has 1 fully saturated rings. The fourth-order valence-corrected chi connectivity index (χ4v) is 4.70. The van der Waals surface area contributed by atoms with Crippen molar-refractivity contribution in [3.05, 3.63) is 76.6 Å². The van der Waals surface area contributed by atoms with Crippen LogP contribution in [0.4, 0.5) is 5.13 Å². The van der Waals surface area contributed by atoms with Crippen molar-refractivity contribution in [3.8, 4) is 0 Å². The van der Waals surface area contributed by atoms with Crippen LogP contribution in [0.1, 0.15) is 42.3 Å². The minimum absolute atomic E-state index is 0.0363. The van der Waals surface area contributed by atoms with Crippen molar-refractivity contribution in [2.24, 2.45) is 0 Å². The molecule has 4 nitrogen and oxygen atoms in total. The molecular formula is C22H26N4S. The Morgan fingerprint density at radius 1 is 1.11 bits per heavy atom. The Balaban J connectivity index is 1.53. The molecule has 0 atom stereocenters. The van der Waals surface area contributed by atoms with Crippen LogP contribution in [0, 0.1) is 0 Å². The highest BCUT2D eigenvalue weighted by Gasteiger charge is 2.39. The molecule has 0 unspecified atom stereocenters. The van der Waals surface area contributed by atoms with Crippen LogP contribution in [0.2, 0.25) is 0 Å². The number of benzene rings is 1. The van der Waals surface area contributed by atoms with Gasteiger partial charge in [-0.05, 0) is 49.5 Å². The Labute approximate surface area is 165 Å². The summed E-state index contributed by atoms with van der Waals surface area (Å²) in [7, 11) is 0. The number of piperidine rings is 1. The maximum Gasteiger partial charge on any atom is 0.180 e. The van der Waals surface area contributed by atoms with E-state index in [0.29, 0.717) is 5.13 Å². The summed E-state index contributed by atoms with van der Waals surface area (Å²) in [6, 6.07) is 15.1. The van der Waals surface area contributed by atoms with Crippen LogP contribution in [0.15, 0.2) is 54.0 Å². The Bertz CT molecular complexity index is 865. The van der Waals surface area contributed by atoms with Gasteiger partial charge in [-0.25, -0.2) is 4.98 Å². The quantitative estimate of drug-likeness (QED) is 0.720. The molecule has 0 spiro atoms. The molecule has 0 amide bonds. The van der Waals surface area contributed by atoms with Gasteiger partial charge in [0, 0.05) is 23.5 Å². The number of pyridine rings is 1. The van der Waals surface area contributed by atoms with E-state index in [1.54, 1.807) is 11.3 Å². The lowest BCUT2D eigenvalue weighted by molar-refractivity contribution is 0.169. The van der Waals surface area contributed by atoms with Gasteiger partial charge in [-0.3, -0.25) is 9.88 Å². The largest absolute Gasteiger partial charge is 0.375 e. The van der Waals surface area contributed by atoms with Crippen molar-refractivity contribution in [2.45, 2.75) is 38.1 Å². The van der Waals surface area contributed by atoms with Gasteiger partial charge < -0.3 is 5.73 Å². The Morgan fingerprint density at radius 3 is 2.48 bits per heavy atom. The first-order valence-electron chi connectivity index (χ1n) is 9.63. The van der Waals surface area contributed by atoms with E-state index in [-0.39, 0.29) is 5.41 Å². The van der Waals surface area contributed by atoms with E-state index >= 15 is 0 Å². The second-order valence-corrected chi connectivity index (χ2v) is 8.20. The van der Waals surface area contributed by atoms with Crippen molar-refractivity contribution in [3.63, 3.8) is 0 Å². The maximum absolute atomic E-state index is 5.96. The number of likely N-dealkylation sites (tertiary alicyclic amines) is 1. The molecule has 0 bridgehead atoms. The molecule has 1 aliphatic rings. The number of anilines is 1. The molecule has 1 saturated heterocycles. The summed E-state index contributed by atoms with van der Waals surface area (Å²) in [5.41, 5.74) is 10.8. The molecular weight excluding hydrogens is 352 g/mol. The lowest BCUT2D eigenvalue weighted by Crippen LogP contribution is -2.43. The van der Waals surface area contributed by atoms with Gasteiger partial charge in [0.1, 0.15) is 0 Å². The van der Waals surface area contributed by atoms with Crippen molar-refractivity contribution in [1.82, 2.24) is 14.9 Å². The molecule has 27 heavy (non-hydrogen) atoms. The third-order valence-corrected chi connectivity index (χ3v) is 6.40. The summed E-state index contributed by atoms with van der Waals surface area (Å²) < 4.78 is 0. The Morgan fingerprint density at radius 2 is 1.89 bits per heavy atom. The van der Waals surface area contributed by atoms with Crippen LogP contribution in [-0.4, -0.2) is 28.0 Å². The topological polar surface area (TPSA) is 55.0 Å². The van der Waals surface area contributed by atoms with Gasteiger partial charge in [0.2, 0.25) is 0 Å². The number of hydrogen-bond donors (Lipinski definition) is 1. The smallest absolute Gasteiger partial charge is 0.180 e. The van der Waals surface area contributed by atoms with Crippen LogP contribution < -0.4 is 5.73 Å². The van der Waals surface area contributed by atoms with Crippen molar-refractivity contribution in [1.29, 1.82) is 0 Å². The zero-order valence-corrected chi connectivity index (χ0v) is 16.6. The molecule has 1 aromatic carbocycles. The molecule has 2 aromatic heterocycles. The van der Waals surface area contributed by atoms with Gasteiger partial charge in [-0.1, -0.05) is 43.3 Å². The van der Waals surface area contributed by atoms with E-state index in [1.165, 1.54) is 11.1 Å². The van der Waals surface area contributed by atoms with Crippen LogP contribution >= 0.6 is 11.3 Å². The summed E-state index contributed by atoms with van der Waals surface area (Å²) in [5.74, 6) is 0. The number of nitrogens with zero attached hydrogens (tertiary/aromatic N) is 3. The van der Waals surface area contributed by atoms with E-state index in [9.17, 15) is 0 Å². The highest BCUT2D eigenvalue weighted by molar-refractivity contribution is 7.13. The molecule has 2 N–H and O–H groups in total. The number of rotatable bonds is 5. The lowest BCUT2D eigenvalue weighted by atomic mass is 9.70. The molecule has 140 valence electrons. The second kappa shape index (κ2) is 7.79. The predicted molar refractivity (Wildman–Crippen MR) is 112 cm³/mol. The molecule has 0 radical (unpaired) electrons. The van der Waals surface area contributed by atoms with Gasteiger partial charge in [0.15, 0.2) is 5.13 Å². The van der Waals surface area contributed by atoms with E-state index in [0.717, 1.165) is 50.3 Å². The SMILES string of the molecule is CCc1ccc(CN2CCC(c3ccccc3)(c3csc(N)n3)CC2)nc1. The van der Waals surface area contributed by atoms with Gasteiger partial charge >= 0.3 is 0 Å². The highest BCUT2D eigenvalue weighted by Crippen LogP contribution is 2.42. The zero-order valence-electron chi connectivity index (χ0n) is 15.8. The van der Waals surface area contributed by atoms with E-state index < -0.39 is 0 Å². The normalized spacial score (nSPS) is 17.1. The van der Waals surface area contributed by atoms with Crippen molar-refractivity contribution < 1.29 is 0 Å². The van der Waals surface area contributed by atoms with Gasteiger partial charge in [0.25, 0.3) is 0 Å². The van der Waals surface area contributed by atoms with Crippen LogP contribution in [0.5, 0.6) is 0 Å². The summed E-state index contributed by atoms with van der Waals surface area (Å²) in [6.45, 7) is 5.14. The maximum atomic E-state index is 5.96. The molecule has 3 heterocycles. The Kier molecular flexibility index (Phi) is 5.23. The minimum Gasteiger partial charge on any atom is -0.375 e. The standard InChI is InChI=1S/C22H26N4S/c1-2-17-8-9-19(24-14-17)15-26-12-10-22(11-13-26,18-6-4-3-5-7-18)20-16-27-21(23)25-20/h3-9,14,16H,2,10-13,15H2,1H3,(H2,23,25). The first kappa shape index (κ1) is 18.1. The number of nitrogen functional groups attached to an aromatic ring is 1. The minimum atomic E-state index is -0.0363. The molecule has 5 heteroatoms. The van der Waals surface area contributed by atoms with Gasteiger partial charge in [-0.2, -0.15) is 0 Å². The average molecular weight is 379 g/mol.